The van der Waals surface area contributed by atoms with Crippen molar-refractivity contribution in [1.82, 2.24) is 16.0 Å². The van der Waals surface area contributed by atoms with E-state index in [0.29, 0.717) is 18.4 Å². The molecule has 0 bridgehead atoms. The van der Waals surface area contributed by atoms with Gasteiger partial charge in [0.2, 0.25) is 5.91 Å². The van der Waals surface area contributed by atoms with Crippen LogP contribution in [0.15, 0.2) is 52.8 Å². The molecule has 27 heavy (non-hydrogen) atoms. The van der Waals surface area contributed by atoms with Gasteiger partial charge in [-0.2, -0.15) is 0 Å². The summed E-state index contributed by atoms with van der Waals surface area (Å²) in [7, 11) is 0. The van der Waals surface area contributed by atoms with E-state index in [-0.39, 0.29) is 36.4 Å². The molecule has 0 aliphatic carbocycles. The van der Waals surface area contributed by atoms with Crippen molar-refractivity contribution in [1.29, 1.82) is 0 Å². The maximum absolute atomic E-state index is 12.0. The number of nitrogens with zero attached hydrogens (tertiary/aromatic N) is 1. The number of halogens is 1. The van der Waals surface area contributed by atoms with E-state index in [1.54, 1.807) is 11.3 Å². The van der Waals surface area contributed by atoms with Crippen LogP contribution in [0.4, 0.5) is 0 Å². The zero-order valence-corrected chi connectivity index (χ0v) is 19.1. The molecule has 0 spiro atoms. The van der Waals surface area contributed by atoms with E-state index in [0.717, 1.165) is 25.1 Å². The van der Waals surface area contributed by atoms with Crippen LogP contribution in [-0.4, -0.2) is 31.5 Å². The van der Waals surface area contributed by atoms with Gasteiger partial charge in [0, 0.05) is 24.5 Å². The van der Waals surface area contributed by atoms with E-state index >= 15 is 0 Å². The molecule has 1 amide bonds. The Morgan fingerprint density at radius 1 is 1.11 bits per heavy atom. The predicted octanol–water partition coefficient (Wildman–Crippen LogP) is 3.42. The molecular formula is C20H29IN4OS. The molecule has 7 heteroatoms. The lowest BCUT2D eigenvalue weighted by molar-refractivity contribution is -0.119. The lowest BCUT2D eigenvalue weighted by Crippen LogP contribution is -2.40. The van der Waals surface area contributed by atoms with Crippen molar-refractivity contribution < 1.29 is 4.79 Å². The van der Waals surface area contributed by atoms with Gasteiger partial charge in [0.05, 0.1) is 0 Å². The molecule has 1 unspecified atom stereocenters. The minimum absolute atomic E-state index is 0. The molecule has 0 saturated carbocycles. The van der Waals surface area contributed by atoms with Crippen molar-refractivity contribution in [3.8, 4) is 0 Å². The Bertz CT molecular complexity index is 677. The molecule has 1 atom stereocenters. The summed E-state index contributed by atoms with van der Waals surface area (Å²) < 4.78 is 0. The largest absolute Gasteiger partial charge is 0.357 e. The van der Waals surface area contributed by atoms with Crippen molar-refractivity contribution in [2.45, 2.75) is 26.8 Å². The molecule has 2 aromatic rings. The van der Waals surface area contributed by atoms with Crippen molar-refractivity contribution in [3.05, 3.63) is 58.3 Å². The summed E-state index contributed by atoms with van der Waals surface area (Å²) in [5.74, 6) is 1.09. The van der Waals surface area contributed by atoms with Crippen molar-refractivity contribution >= 4 is 47.2 Å². The van der Waals surface area contributed by atoms with E-state index in [1.807, 2.05) is 37.3 Å². The topological polar surface area (TPSA) is 65.5 Å². The second-order valence-electron chi connectivity index (χ2n) is 6.23. The lowest BCUT2D eigenvalue weighted by Gasteiger charge is -2.15. The third-order valence-corrected chi connectivity index (χ3v) is 4.70. The fraction of sp³-hybridized carbons (Fsp3) is 0.400. The summed E-state index contributed by atoms with van der Waals surface area (Å²) in [6.45, 7) is 6.44. The van der Waals surface area contributed by atoms with Gasteiger partial charge in [0.15, 0.2) is 5.96 Å². The van der Waals surface area contributed by atoms with E-state index in [9.17, 15) is 4.79 Å². The van der Waals surface area contributed by atoms with E-state index in [4.69, 9.17) is 0 Å². The highest BCUT2D eigenvalue weighted by molar-refractivity contribution is 14.0. The third kappa shape index (κ3) is 9.76. The van der Waals surface area contributed by atoms with Gasteiger partial charge in [0.1, 0.15) is 6.54 Å². The Balaban J connectivity index is 0.00000364. The van der Waals surface area contributed by atoms with Crippen LogP contribution in [-0.2, 0) is 17.8 Å². The summed E-state index contributed by atoms with van der Waals surface area (Å²) in [6, 6.07) is 14.1. The van der Waals surface area contributed by atoms with Gasteiger partial charge in [-0.15, -0.1) is 35.3 Å². The molecule has 1 heterocycles. The Hall–Kier alpha value is -1.61. The number of hydrogen-bond acceptors (Lipinski definition) is 3. The monoisotopic (exact) mass is 500 g/mol. The van der Waals surface area contributed by atoms with Crippen LogP contribution in [0.3, 0.4) is 0 Å². The highest BCUT2D eigenvalue weighted by atomic mass is 127. The minimum Gasteiger partial charge on any atom is -0.357 e. The maximum Gasteiger partial charge on any atom is 0.242 e. The first-order valence-electron chi connectivity index (χ1n) is 9.02. The van der Waals surface area contributed by atoms with Gasteiger partial charge in [-0.05, 0) is 36.3 Å². The maximum atomic E-state index is 12.0. The standard InChI is InChI=1S/C20H28N4OS.HI/c1-3-21-20(23-13-16(2)12-18-10-7-11-26-18)24-15-19(25)22-14-17-8-5-4-6-9-17;/h4-11,16H,3,12-15H2,1-2H3,(H,22,25)(H2,21,23,24);1H. The highest BCUT2D eigenvalue weighted by Crippen LogP contribution is 2.13. The first kappa shape index (κ1) is 23.4. The number of guanidine groups is 1. The van der Waals surface area contributed by atoms with Crippen LogP contribution in [0.2, 0.25) is 0 Å². The van der Waals surface area contributed by atoms with Gasteiger partial charge in [0.25, 0.3) is 0 Å². The molecule has 3 N–H and O–H groups in total. The molecule has 1 aromatic carbocycles. The Labute approximate surface area is 183 Å². The van der Waals surface area contributed by atoms with Crippen LogP contribution < -0.4 is 16.0 Å². The number of hydrogen-bond donors (Lipinski definition) is 3. The normalized spacial score (nSPS) is 12.0. The summed E-state index contributed by atoms with van der Waals surface area (Å²) >= 11 is 1.79. The van der Waals surface area contributed by atoms with E-state index < -0.39 is 0 Å². The molecule has 0 radical (unpaired) electrons. The van der Waals surface area contributed by atoms with E-state index in [2.05, 4.69) is 45.4 Å². The minimum atomic E-state index is -0.0855. The molecule has 2 rings (SSSR count). The Kier molecular flexibility index (Phi) is 11.8. The summed E-state index contributed by atoms with van der Waals surface area (Å²) in [5, 5.41) is 11.5. The highest BCUT2D eigenvalue weighted by Gasteiger charge is 2.07. The number of benzene rings is 1. The summed E-state index contributed by atoms with van der Waals surface area (Å²) in [4.78, 5) is 17.8. The fourth-order valence-corrected chi connectivity index (χ4v) is 3.33. The SMILES string of the molecule is CCNC(=NCC(=O)NCc1ccccc1)NCC(C)Cc1cccs1.I. The van der Waals surface area contributed by atoms with Gasteiger partial charge in [-0.25, -0.2) is 4.99 Å². The molecular weight excluding hydrogens is 471 g/mol. The number of amides is 1. The van der Waals surface area contributed by atoms with Crippen molar-refractivity contribution in [2.24, 2.45) is 10.9 Å². The molecule has 0 aliphatic heterocycles. The van der Waals surface area contributed by atoms with Crippen LogP contribution in [0.1, 0.15) is 24.3 Å². The van der Waals surface area contributed by atoms with Crippen LogP contribution >= 0.6 is 35.3 Å². The van der Waals surface area contributed by atoms with Crippen molar-refractivity contribution in [2.75, 3.05) is 19.6 Å². The summed E-state index contributed by atoms with van der Waals surface area (Å²) in [6.07, 6.45) is 1.04. The zero-order chi connectivity index (χ0) is 18.6. The zero-order valence-electron chi connectivity index (χ0n) is 15.9. The third-order valence-electron chi connectivity index (χ3n) is 3.81. The number of carbonyl (C=O) groups excluding carboxylic acids is 1. The Morgan fingerprint density at radius 3 is 2.56 bits per heavy atom. The van der Waals surface area contributed by atoms with Crippen molar-refractivity contribution in [3.63, 3.8) is 0 Å². The quantitative estimate of drug-likeness (QED) is 0.281. The Morgan fingerprint density at radius 2 is 1.89 bits per heavy atom. The summed E-state index contributed by atoms with van der Waals surface area (Å²) in [5.41, 5.74) is 1.08. The fourth-order valence-electron chi connectivity index (χ4n) is 2.46. The second-order valence-corrected chi connectivity index (χ2v) is 7.26. The molecule has 1 aromatic heterocycles. The predicted molar refractivity (Wildman–Crippen MR) is 125 cm³/mol. The smallest absolute Gasteiger partial charge is 0.242 e. The molecule has 0 saturated heterocycles. The number of rotatable bonds is 9. The lowest BCUT2D eigenvalue weighted by atomic mass is 10.1. The van der Waals surface area contributed by atoms with Crippen LogP contribution in [0, 0.1) is 5.92 Å². The van der Waals surface area contributed by atoms with Gasteiger partial charge < -0.3 is 16.0 Å². The average molecular weight is 500 g/mol. The number of nitrogens with one attached hydrogen (secondary N) is 3. The number of carbonyl (C=O) groups is 1. The van der Waals surface area contributed by atoms with E-state index in [1.165, 1.54) is 4.88 Å². The first-order chi connectivity index (χ1) is 12.7. The molecule has 5 nitrogen and oxygen atoms in total. The van der Waals surface area contributed by atoms with Gasteiger partial charge >= 0.3 is 0 Å². The van der Waals surface area contributed by atoms with Gasteiger partial charge in [-0.1, -0.05) is 43.3 Å². The van der Waals surface area contributed by atoms with Gasteiger partial charge in [-0.3, -0.25) is 4.79 Å². The van der Waals surface area contributed by atoms with Crippen LogP contribution in [0.25, 0.3) is 0 Å². The first-order valence-corrected chi connectivity index (χ1v) is 9.90. The molecule has 0 aliphatic rings. The number of aliphatic imine (C=N–C) groups is 1. The number of thiophene rings is 1. The van der Waals surface area contributed by atoms with Crippen LogP contribution in [0.5, 0.6) is 0 Å². The second kappa shape index (κ2) is 13.5. The molecule has 148 valence electrons. The molecule has 0 fully saturated rings. The average Bonchev–Trinajstić information content (AvgIpc) is 3.16.